The number of H-pyrrole nitrogens is 2. The first-order valence-electron chi connectivity index (χ1n) is 10.3. The van der Waals surface area contributed by atoms with Crippen LogP contribution in [0.15, 0.2) is 82.4 Å². The molecule has 4 N–H and O–H groups in total. The molecule has 2 aromatic heterocycles. The maximum atomic E-state index is 13.3. The van der Waals surface area contributed by atoms with Crippen LogP contribution in [0.4, 0.5) is 0 Å². The van der Waals surface area contributed by atoms with Crippen molar-refractivity contribution in [2.24, 2.45) is 0 Å². The molecule has 0 amide bonds. The molecule has 3 aromatic carbocycles. The zero-order chi connectivity index (χ0) is 23.1. The molecule has 7 heteroatoms. The summed E-state index contributed by atoms with van der Waals surface area (Å²) in [6.07, 6.45) is 0. The number of benzene rings is 3. The lowest BCUT2D eigenvalue weighted by Crippen LogP contribution is -2.24. The molecule has 0 aliphatic rings. The summed E-state index contributed by atoms with van der Waals surface area (Å²) in [6, 6.07) is 20.6. The van der Waals surface area contributed by atoms with Crippen LogP contribution in [0.25, 0.3) is 21.8 Å². The van der Waals surface area contributed by atoms with Gasteiger partial charge in [-0.3, -0.25) is 9.59 Å². The highest BCUT2D eigenvalue weighted by Crippen LogP contribution is 2.43. The van der Waals surface area contributed by atoms with Gasteiger partial charge in [0.15, 0.2) is 0 Å². The predicted octanol–water partition coefficient (Wildman–Crippen LogP) is 3.97. The van der Waals surface area contributed by atoms with Crippen LogP contribution >= 0.6 is 0 Å². The third kappa shape index (κ3) is 3.22. The van der Waals surface area contributed by atoms with Crippen molar-refractivity contribution in [2.75, 3.05) is 7.11 Å². The van der Waals surface area contributed by atoms with E-state index in [-0.39, 0.29) is 22.6 Å². The number of aromatic amines is 2. The standard InChI is InChI=1S/C26H20N2O5/c1-33-19-13-7-4-10-16(19)20(21-23(29)14-8-2-5-11-17(14)27-25(21)31)22-24(30)15-9-3-6-12-18(15)28-26(22)32/h2-13,20H,1H3,(H2,27,29,31)(H2,28,30,32). The van der Waals surface area contributed by atoms with Crippen molar-refractivity contribution in [3.05, 3.63) is 110 Å². The van der Waals surface area contributed by atoms with Gasteiger partial charge in [-0.05, 0) is 30.3 Å². The predicted molar refractivity (Wildman–Crippen MR) is 126 cm³/mol. The summed E-state index contributed by atoms with van der Waals surface area (Å²) in [5.74, 6) is -1.24. The van der Waals surface area contributed by atoms with Gasteiger partial charge < -0.3 is 24.9 Å². The maximum absolute atomic E-state index is 13.3. The van der Waals surface area contributed by atoms with Crippen LogP contribution in [0, 0.1) is 0 Å². The minimum Gasteiger partial charge on any atom is -0.507 e. The molecule has 0 radical (unpaired) electrons. The molecule has 0 atom stereocenters. The minimum atomic E-state index is -1.11. The molecule has 0 aliphatic carbocycles. The lowest BCUT2D eigenvalue weighted by atomic mass is 9.83. The first-order valence-corrected chi connectivity index (χ1v) is 10.3. The molecule has 0 spiro atoms. The fourth-order valence-electron chi connectivity index (χ4n) is 4.38. The molecular formula is C26H20N2O5. The number of pyridine rings is 2. The number of nitrogens with one attached hydrogen (secondary N) is 2. The van der Waals surface area contributed by atoms with Crippen molar-refractivity contribution in [2.45, 2.75) is 5.92 Å². The topological polar surface area (TPSA) is 115 Å². The summed E-state index contributed by atoms with van der Waals surface area (Å²) in [5.41, 5.74) is 0.0946. The second kappa shape index (κ2) is 7.87. The first-order chi connectivity index (χ1) is 16.0. The first kappa shape index (κ1) is 20.4. The van der Waals surface area contributed by atoms with Crippen LogP contribution in [0.1, 0.15) is 22.6 Å². The molecule has 164 valence electrons. The SMILES string of the molecule is COc1ccccc1C(c1c(O)c2ccccc2[nH]c1=O)c1c(O)c2ccccc2[nH]c1=O. The molecule has 0 saturated heterocycles. The number of methoxy groups -OCH3 is 1. The van der Waals surface area contributed by atoms with Gasteiger partial charge in [0.1, 0.15) is 17.2 Å². The fraction of sp³-hybridized carbons (Fsp3) is 0.0769. The van der Waals surface area contributed by atoms with Crippen LogP contribution in [0.2, 0.25) is 0 Å². The van der Waals surface area contributed by atoms with Crippen molar-refractivity contribution >= 4 is 21.8 Å². The van der Waals surface area contributed by atoms with Gasteiger partial charge in [0, 0.05) is 16.3 Å². The lowest BCUT2D eigenvalue weighted by Gasteiger charge is -2.22. The number of aromatic nitrogens is 2. The summed E-state index contributed by atoms with van der Waals surface area (Å²) < 4.78 is 5.52. The van der Waals surface area contributed by atoms with Gasteiger partial charge in [0.05, 0.1) is 35.2 Å². The van der Waals surface area contributed by atoms with E-state index in [1.807, 2.05) is 0 Å². The summed E-state index contributed by atoms with van der Waals surface area (Å²) in [5, 5.41) is 23.3. The van der Waals surface area contributed by atoms with Gasteiger partial charge in [-0.15, -0.1) is 0 Å². The minimum absolute atomic E-state index is 0.0609. The van der Waals surface area contributed by atoms with Crippen LogP contribution in [0.5, 0.6) is 17.2 Å². The van der Waals surface area contributed by atoms with Gasteiger partial charge in [-0.2, -0.15) is 0 Å². The average Bonchev–Trinajstić information content (AvgIpc) is 2.83. The Morgan fingerprint density at radius 3 is 1.67 bits per heavy atom. The van der Waals surface area contributed by atoms with E-state index in [0.717, 1.165) is 0 Å². The Bertz CT molecular complexity index is 1540. The Hall–Kier alpha value is -4.52. The number of ether oxygens (including phenoxy) is 1. The molecule has 33 heavy (non-hydrogen) atoms. The van der Waals surface area contributed by atoms with E-state index >= 15 is 0 Å². The fourth-order valence-corrected chi connectivity index (χ4v) is 4.38. The Morgan fingerprint density at radius 2 is 1.15 bits per heavy atom. The molecule has 5 rings (SSSR count). The van der Waals surface area contributed by atoms with Gasteiger partial charge in [-0.1, -0.05) is 42.5 Å². The molecule has 0 fully saturated rings. The third-order valence-electron chi connectivity index (χ3n) is 5.89. The number of aromatic hydroxyl groups is 2. The molecule has 0 aliphatic heterocycles. The Morgan fingerprint density at radius 1 is 0.697 bits per heavy atom. The smallest absolute Gasteiger partial charge is 0.256 e. The Balaban J connectivity index is 1.94. The summed E-state index contributed by atoms with van der Waals surface area (Å²) in [6.45, 7) is 0. The molecular weight excluding hydrogens is 420 g/mol. The Kier molecular flexibility index (Phi) is 4.86. The number of fused-ring (bicyclic) bond motifs is 2. The van der Waals surface area contributed by atoms with Crippen LogP contribution in [0.3, 0.4) is 0 Å². The van der Waals surface area contributed by atoms with Gasteiger partial charge in [0.25, 0.3) is 11.1 Å². The zero-order valence-corrected chi connectivity index (χ0v) is 17.6. The van der Waals surface area contributed by atoms with Crippen molar-refractivity contribution in [3.8, 4) is 17.2 Å². The van der Waals surface area contributed by atoms with E-state index in [1.165, 1.54) is 7.11 Å². The number of hydrogen-bond donors (Lipinski definition) is 4. The summed E-state index contributed by atoms with van der Waals surface area (Å²) >= 11 is 0. The average molecular weight is 440 g/mol. The highest BCUT2D eigenvalue weighted by molar-refractivity contribution is 5.88. The van der Waals surface area contributed by atoms with E-state index in [9.17, 15) is 19.8 Å². The van der Waals surface area contributed by atoms with Gasteiger partial charge in [-0.25, -0.2) is 0 Å². The number of para-hydroxylation sites is 3. The van der Waals surface area contributed by atoms with Crippen molar-refractivity contribution in [3.63, 3.8) is 0 Å². The lowest BCUT2D eigenvalue weighted by molar-refractivity contribution is 0.407. The molecule has 0 unspecified atom stereocenters. The molecule has 0 saturated carbocycles. The molecule has 0 bridgehead atoms. The summed E-state index contributed by atoms with van der Waals surface area (Å²) in [4.78, 5) is 32.1. The van der Waals surface area contributed by atoms with E-state index in [2.05, 4.69) is 9.97 Å². The van der Waals surface area contributed by atoms with Crippen molar-refractivity contribution < 1.29 is 14.9 Å². The van der Waals surface area contributed by atoms with E-state index in [1.54, 1.807) is 72.8 Å². The van der Waals surface area contributed by atoms with Crippen LogP contribution in [-0.2, 0) is 0 Å². The van der Waals surface area contributed by atoms with E-state index in [0.29, 0.717) is 33.1 Å². The van der Waals surface area contributed by atoms with Gasteiger partial charge >= 0.3 is 0 Å². The maximum Gasteiger partial charge on any atom is 0.256 e. The monoisotopic (exact) mass is 440 g/mol. The quantitative estimate of drug-likeness (QED) is 0.338. The second-order valence-corrected chi connectivity index (χ2v) is 7.70. The van der Waals surface area contributed by atoms with Crippen molar-refractivity contribution in [1.29, 1.82) is 0 Å². The molecule has 2 heterocycles. The second-order valence-electron chi connectivity index (χ2n) is 7.70. The van der Waals surface area contributed by atoms with Crippen molar-refractivity contribution in [1.82, 2.24) is 9.97 Å². The van der Waals surface area contributed by atoms with E-state index in [4.69, 9.17) is 4.74 Å². The Labute approximate surface area is 187 Å². The normalized spacial score (nSPS) is 11.3. The van der Waals surface area contributed by atoms with Crippen LogP contribution in [-0.4, -0.2) is 27.3 Å². The third-order valence-corrected chi connectivity index (χ3v) is 5.89. The van der Waals surface area contributed by atoms with Crippen LogP contribution < -0.4 is 15.9 Å². The molecule has 7 nitrogen and oxygen atoms in total. The summed E-state index contributed by atoms with van der Waals surface area (Å²) in [7, 11) is 1.48. The highest BCUT2D eigenvalue weighted by Gasteiger charge is 2.32. The largest absolute Gasteiger partial charge is 0.507 e. The zero-order valence-electron chi connectivity index (χ0n) is 17.6. The number of hydrogen-bond acceptors (Lipinski definition) is 5. The van der Waals surface area contributed by atoms with Gasteiger partial charge in [0.2, 0.25) is 0 Å². The molecule has 5 aromatic rings. The highest BCUT2D eigenvalue weighted by atomic mass is 16.5. The van der Waals surface area contributed by atoms with E-state index < -0.39 is 17.0 Å². The number of rotatable bonds is 4.